The molecule has 0 bridgehead atoms. The van der Waals surface area contributed by atoms with Crippen LogP contribution in [0.25, 0.3) is 16.9 Å². The highest BCUT2D eigenvalue weighted by molar-refractivity contribution is 5.65. The monoisotopic (exact) mass is 296 g/mol. The number of aryl methyl sites for hydroxylation is 1. The molecule has 0 amide bonds. The van der Waals surface area contributed by atoms with Gasteiger partial charge in [0.25, 0.3) is 0 Å². The molecule has 1 aromatic heterocycles. The highest BCUT2D eigenvalue weighted by Crippen LogP contribution is 2.27. The first-order valence-corrected chi connectivity index (χ1v) is 7.23. The number of hydrogen-bond donors (Lipinski definition) is 1. The maximum atomic E-state index is 14.2. The fourth-order valence-electron chi connectivity index (χ4n) is 2.43. The molecule has 0 aliphatic carbocycles. The van der Waals surface area contributed by atoms with Crippen LogP contribution in [0.2, 0.25) is 0 Å². The molecule has 0 saturated heterocycles. The van der Waals surface area contributed by atoms with Gasteiger partial charge in [-0.2, -0.15) is 0 Å². The van der Waals surface area contributed by atoms with Gasteiger partial charge in [-0.3, -0.25) is 0 Å². The van der Waals surface area contributed by atoms with Crippen molar-refractivity contribution in [3.63, 3.8) is 0 Å². The van der Waals surface area contributed by atoms with Gasteiger partial charge >= 0.3 is 0 Å². The molecule has 3 rings (SSSR count). The third-order valence-electron chi connectivity index (χ3n) is 3.65. The van der Waals surface area contributed by atoms with Crippen molar-refractivity contribution in [2.75, 3.05) is 0 Å². The van der Waals surface area contributed by atoms with Gasteiger partial charge in [-0.15, -0.1) is 5.10 Å². The third-order valence-corrected chi connectivity index (χ3v) is 3.65. The van der Waals surface area contributed by atoms with Gasteiger partial charge in [0.05, 0.1) is 5.69 Å². The minimum absolute atomic E-state index is 0.205. The third kappa shape index (κ3) is 2.51. The van der Waals surface area contributed by atoms with Crippen LogP contribution in [0.15, 0.2) is 48.5 Å². The molecule has 0 unspecified atom stereocenters. The van der Waals surface area contributed by atoms with Crippen LogP contribution in [0.1, 0.15) is 18.2 Å². The van der Waals surface area contributed by atoms with Crippen molar-refractivity contribution in [1.82, 2.24) is 15.0 Å². The van der Waals surface area contributed by atoms with Crippen LogP contribution in [0.3, 0.4) is 0 Å². The van der Waals surface area contributed by atoms with Gasteiger partial charge in [0.1, 0.15) is 17.2 Å². The van der Waals surface area contributed by atoms with Gasteiger partial charge in [0.2, 0.25) is 0 Å². The second-order valence-electron chi connectivity index (χ2n) is 5.00. The molecule has 0 atom stereocenters. The van der Waals surface area contributed by atoms with Crippen LogP contribution in [0.5, 0.6) is 0 Å². The van der Waals surface area contributed by atoms with Crippen LogP contribution in [-0.4, -0.2) is 15.0 Å². The van der Waals surface area contributed by atoms with Crippen molar-refractivity contribution in [3.8, 4) is 16.9 Å². The van der Waals surface area contributed by atoms with Crippen molar-refractivity contribution >= 4 is 0 Å². The van der Waals surface area contributed by atoms with E-state index in [2.05, 4.69) is 17.2 Å². The maximum Gasteiger partial charge on any atom is 0.132 e. The van der Waals surface area contributed by atoms with Crippen molar-refractivity contribution in [3.05, 3.63) is 65.6 Å². The lowest BCUT2D eigenvalue weighted by Crippen LogP contribution is -2.04. The van der Waals surface area contributed by atoms with Crippen LogP contribution in [0, 0.1) is 5.82 Å². The van der Waals surface area contributed by atoms with Crippen LogP contribution in [-0.2, 0) is 13.0 Å². The Morgan fingerprint density at radius 2 is 1.82 bits per heavy atom. The molecule has 4 nitrogen and oxygen atoms in total. The van der Waals surface area contributed by atoms with Crippen LogP contribution in [0.4, 0.5) is 4.39 Å². The molecule has 0 aliphatic rings. The Bertz CT molecular complexity index is 778. The quantitative estimate of drug-likeness (QED) is 0.805. The Balaban J connectivity index is 2.17. The molecule has 22 heavy (non-hydrogen) atoms. The Kier molecular flexibility index (Phi) is 3.98. The molecule has 0 saturated carbocycles. The van der Waals surface area contributed by atoms with E-state index in [-0.39, 0.29) is 12.4 Å². The average molecular weight is 296 g/mol. The Morgan fingerprint density at radius 3 is 2.45 bits per heavy atom. The van der Waals surface area contributed by atoms with E-state index in [9.17, 15) is 4.39 Å². The predicted molar refractivity (Wildman–Crippen MR) is 84.0 cm³/mol. The molecule has 112 valence electrons. The van der Waals surface area contributed by atoms with Gasteiger partial charge in [-0.1, -0.05) is 36.4 Å². The summed E-state index contributed by atoms with van der Waals surface area (Å²) in [6.07, 6.45) is 0.964. The van der Waals surface area contributed by atoms with E-state index in [1.165, 1.54) is 11.6 Å². The Hall–Kier alpha value is -2.53. The first-order valence-electron chi connectivity index (χ1n) is 7.23. The zero-order valence-corrected chi connectivity index (χ0v) is 12.3. The van der Waals surface area contributed by atoms with Crippen molar-refractivity contribution < 1.29 is 4.39 Å². The van der Waals surface area contributed by atoms with E-state index in [0.29, 0.717) is 17.0 Å². The number of rotatable bonds is 4. The average Bonchev–Trinajstić information content (AvgIpc) is 2.99. The molecular weight excluding hydrogens is 279 g/mol. The lowest BCUT2D eigenvalue weighted by Gasteiger charge is -2.09. The molecule has 0 spiro atoms. The van der Waals surface area contributed by atoms with Crippen molar-refractivity contribution in [2.45, 2.75) is 19.9 Å². The second kappa shape index (κ2) is 6.07. The van der Waals surface area contributed by atoms with E-state index < -0.39 is 0 Å². The molecule has 0 radical (unpaired) electrons. The van der Waals surface area contributed by atoms with E-state index >= 15 is 0 Å². The molecule has 2 aromatic carbocycles. The number of nitrogens with two attached hydrogens (primary N) is 1. The molecular formula is C17H17FN4. The van der Waals surface area contributed by atoms with Crippen LogP contribution < -0.4 is 5.73 Å². The van der Waals surface area contributed by atoms with Crippen molar-refractivity contribution in [1.29, 1.82) is 0 Å². The number of aromatic nitrogens is 3. The number of benzene rings is 2. The molecule has 2 N–H and O–H groups in total. The first-order chi connectivity index (χ1) is 10.7. The number of nitrogens with zero attached hydrogens (tertiary/aromatic N) is 3. The molecule has 0 fully saturated rings. The summed E-state index contributed by atoms with van der Waals surface area (Å²) in [6.45, 7) is 2.30. The highest BCUT2D eigenvalue weighted by atomic mass is 19.1. The fourth-order valence-corrected chi connectivity index (χ4v) is 2.43. The summed E-state index contributed by atoms with van der Waals surface area (Å²) in [5.74, 6) is -0.314. The topological polar surface area (TPSA) is 56.7 Å². The molecule has 3 aromatic rings. The lowest BCUT2D eigenvalue weighted by atomic mass is 10.1. The summed E-state index contributed by atoms with van der Waals surface area (Å²) < 4.78 is 15.8. The fraction of sp³-hybridized carbons (Fsp3) is 0.176. The molecule has 0 aliphatic heterocycles. The number of hydrogen-bond acceptors (Lipinski definition) is 3. The standard InChI is InChI=1S/C17H17FN4/c1-2-12-7-9-13(10-8-12)22-17(16(11-19)20-21-22)14-5-3-4-6-15(14)18/h3-10H,2,11,19H2,1H3. The van der Waals surface area contributed by atoms with E-state index in [0.717, 1.165) is 12.1 Å². The van der Waals surface area contributed by atoms with Crippen molar-refractivity contribution in [2.24, 2.45) is 5.73 Å². The summed E-state index contributed by atoms with van der Waals surface area (Å²) in [6, 6.07) is 14.6. The van der Waals surface area contributed by atoms with Crippen LogP contribution >= 0.6 is 0 Å². The van der Waals surface area contributed by atoms with E-state index in [1.807, 2.05) is 24.3 Å². The largest absolute Gasteiger partial charge is 0.325 e. The van der Waals surface area contributed by atoms with E-state index in [4.69, 9.17) is 5.73 Å². The normalized spacial score (nSPS) is 10.9. The first kappa shape index (κ1) is 14.4. The summed E-state index contributed by atoms with van der Waals surface area (Å²) in [7, 11) is 0. The summed E-state index contributed by atoms with van der Waals surface area (Å²) >= 11 is 0. The summed E-state index contributed by atoms with van der Waals surface area (Å²) in [4.78, 5) is 0. The maximum absolute atomic E-state index is 14.2. The van der Waals surface area contributed by atoms with Gasteiger partial charge in [0.15, 0.2) is 0 Å². The lowest BCUT2D eigenvalue weighted by molar-refractivity contribution is 0.629. The van der Waals surface area contributed by atoms with Gasteiger partial charge < -0.3 is 5.73 Å². The zero-order valence-electron chi connectivity index (χ0n) is 12.3. The second-order valence-corrected chi connectivity index (χ2v) is 5.00. The SMILES string of the molecule is CCc1ccc(-n2nnc(CN)c2-c2ccccc2F)cc1. The predicted octanol–water partition coefficient (Wildman–Crippen LogP) is 3.09. The highest BCUT2D eigenvalue weighted by Gasteiger charge is 2.18. The Morgan fingerprint density at radius 1 is 1.09 bits per heavy atom. The molecule has 1 heterocycles. The van der Waals surface area contributed by atoms with E-state index in [1.54, 1.807) is 22.9 Å². The summed E-state index contributed by atoms with van der Waals surface area (Å²) in [5, 5.41) is 8.24. The minimum atomic E-state index is -0.314. The summed E-state index contributed by atoms with van der Waals surface area (Å²) in [5.41, 5.74) is 9.43. The minimum Gasteiger partial charge on any atom is -0.325 e. The number of halogens is 1. The van der Waals surface area contributed by atoms with Gasteiger partial charge in [-0.05, 0) is 36.2 Å². The Labute approximate surface area is 128 Å². The van der Waals surface area contributed by atoms with Gasteiger partial charge in [-0.25, -0.2) is 9.07 Å². The smallest absolute Gasteiger partial charge is 0.132 e. The molecule has 5 heteroatoms. The zero-order chi connectivity index (χ0) is 15.5. The van der Waals surface area contributed by atoms with Gasteiger partial charge in [0, 0.05) is 12.1 Å².